The van der Waals surface area contributed by atoms with Crippen molar-refractivity contribution < 1.29 is 4.39 Å². The summed E-state index contributed by atoms with van der Waals surface area (Å²) in [6, 6.07) is 8.29. The molecule has 4 heterocycles. The largest absolute Gasteiger partial charge is 0.352 e. The van der Waals surface area contributed by atoms with Crippen LogP contribution in [-0.4, -0.2) is 34.5 Å². The molecule has 1 fully saturated rings. The Labute approximate surface area is 172 Å². The summed E-state index contributed by atoms with van der Waals surface area (Å²) >= 11 is 3.00. The number of anilines is 2. The molecule has 5 rings (SSSR count). The first-order valence-electron chi connectivity index (χ1n) is 9.44. The van der Waals surface area contributed by atoms with Gasteiger partial charge in [0.1, 0.15) is 10.3 Å². The van der Waals surface area contributed by atoms with Crippen molar-refractivity contribution in [2.75, 3.05) is 18.9 Å². The van der Waals surface area contributed by atoms with Gasteiger partial charge in [-0.3, -0.25) is 0 Å². The minimum atomic E-state index is -0.316. The van der Waals surface area contributed by atoms with E-state index in [9.17, 15) is 4.39 Å². The van der Waals surface area contributed by atoms with Crippen LogP contribution in [0.1, 0.15) is 26.2 Å². The van der Waals surface area contributed by atoms with Gasteiger partial charge < -0.3 is 10.2 Å². The number of rotatable bonds is 2. The van der Waals surface area contributed by atoms with Crippen LogP contribution in [0.15, 0.2) is 41.4 Å². The number of pyridine rings is 1. The second kappa shape index (κ2) is 8.51. The Morgan fingerprint density at radius 1 is 1.11 bits per heavy atom. The normalized spacial score (nSPS) is 17.5. The molecule has 0 radical (unpaired) electrons. The third-order valence-corrected chi connectivity index (χ3v) is 6.83. The van der Waals surface area contributed by atoms with Gasteiger partial charge >= 0.3 is 0 Å². The van der Waals surface area contributed by atoms with Gasteiger partial charge in [-0.05, 0) is 63.0 Å². The van der Waals surface area contributed by atoms with Crippen LogP contribution in [0.25, 0.3) is 20.4 Å². The van der Waals surface area contributed by atoms with Crippen molar-refractivity contribution in [1.82, 2.24) is 14.9 Å². The summed E-state index contributed by atoms with van der Waals surface area (Å²) in [6.07, 6.45) is 5.96. The Kier molecular flexibility index (Phi) is 5.85. The first kappa shape index (κ1) is 19.2. The maximum absolute atomic E-state index is 14.4. The summed E-state index contributed by atoms with van der Waals surface area (Å²) in [6.45, 7) is 3.61. The van der Waals surface area contributed by atoms with Crippen LogP contribution >= 0.6 is 22.7 Å². The molecule has 4 aromatic rings. The lowest BCUT2D eigenvalue weighted by Crippen LogP contribution is -2.33. The number of likely N-dealkylation sites (tertiary alicyclic amines) is 1. The summed E-state index contributed by atoms with van der Waals surface area (Å²) in [4.78, 5) is 11.7. The van der Waals surface area contributed by atoms with Crippen LogP contribution in [-0.2, 0) is 0 Å². The number of hydrogen-bond acceptors (Lipinski definition) is 6. The van der Waals surface area contributed by atoms with Crippen LogP contribution in [0.5, 0.6) is 0 Å². The monoisotopic (exact) mass is 414 g/mol. The van der Waals surface area contributed by atoms with Gasteiger partial charge in [0.15, 0.2) is 5.82 Å². The highest BCUT2D eigenvalue weighted by Crippen LogP contribution is 2.32. The predicted molar refractivity (Wildman–Crippen MR) is 118 cm³/mol. The average Bonchev–Trinajstić information content (AvgIpc) is 3.37. The van der Waals surface area contributed by atoms with E-state index < -0.39 is 0 Å². The molecule has 1 aliphatic heterocycles. The molecule has 7 heteroatoms. The van der Waals surface area contributed by atoms with Gasteiger partial charge in [-0.25, -0.2) is 14.4 Å². The molecule has 1 saturated heterocycles. The fourth-order valence-electron chi connectivity index (χ4n) is 3.37. The first-order chi connectivity index (χ1) is 13.6. The molecule has 146 valence electrons. The van der Waals surface area contributed by atoms with E-state index in [1.165, 1.54) is 37.1 Å². The molecular weight excluding hydrogens is 391 g/mol. The summed E-state index contributed by atoms with van der Waals surface area (Å²) in [5.74, 6) is -0.316. The number of fused-ring (bicyclic) bond motifs is 2. The summed E-state index contributed by atoms with van der Waals surface area (Å²) in [5.41, 5.74) is 3.35. The van der Waals surface area contributed by atoms with Crippen LogP contribution in [0.2, 0.25) is 0 Å². The van der Waals surface area contributed by atoms with Gasteiger partial charge in [0.05, 0.1) is 21.6 Å². The Balaban J connectivity index is 0.000000203. The zero-order chi connectivity index (χ0) is 19.5. The Morgan fingerprint density at radius 3 is 2.79 bits per heavy atom. The van der Waals surface area contributed by atoms with Crippen molar-refractivity contribution in [2.24, 2.45) is 0 Å². The molecule has 0 saturated carbocycles. The quantitative estimate of drug-likeness (QED) is 0.419. The molecule has 0 bridgehead atoms. The molecule has 0 aliphatic carbocycles. The molecule has 0 amide bonds. The fourth-order valence-corrected chi connectivity index (χ4v) is 4.80. The molecule has 1 unspecified atom stereocenters. The van der Waals surface area contributed by atoms with Gasteiger partial charge in [-0.1, -0.05) is 6.42 Å². The van der Waals surface area contributed by atoms with E-state index >= 15 is 0 Å². The number of halogens is 1. The lowest BCUT2D eigenvalue weighted by Gasteiger charge is -2.29. The Morgan fingerprint density at radius 2 is 2.00 bits per heavy atom. The number of nitrogens with zero attached hydrogens (tertiary/aromatic N) is 3. The minimum absolute atomic E-state index is 0.316. The van der Waals surface area contributed by atoms with Gasteiger partial charge in [0.2, 0.25) is 0 Å². The van der Waals surface area contributed by atoms with Crippen molar-refractivity contribution in [1.29, 1.82) is 0 Å². The number of thiophene rings is 1. The smallest absolute Gasteiger partial charge is 0.173 e. The van der Waals surface area contributed by atoms with Gasteiger partial charge in [-0.2, -0.15) is 0 Å². The molecular formula is C21H23FN4S2. The number of piperidine rings is 1. The molecule has 1 aliphatic rings. The third-order valence-electron chi connectivity index (χ3n) is 5.21. The molecule has 0 spiro atoms. The standard InChI is InChI=1S/C14H8FN3S2.C7H15N/c15-12-10(1-2-11-13(12)17-7-20-11)18-9-3-5-16-14-8(9)4-6-19-14;1-7-5-3-4-6-8(7)2/h1-7H,(H,16,18);7H,3-6H2,1-2H3. The molecule has 1 N–H and O–H groups in total. The number of nitrogens with one attached hydrogen (secondary N) is 1. The predicted octanol–water partition coefficient (Wildman–Crippen LogP) is 6.28. The van der Waals surface area contributed by atoms with Crippen molar-refractivity contribution in [3.05, 3.63) is 47.2 Å². The summed E-state index contributed by atoms with van der Waals surface area (Å²) in [7, 11) is 2.21. The molecule has 28 heavy (non-hydrogen) atoms. The molecule has 1 aromatic carbocycles. The highest BCUT2D eigenvalue weighted by Gasteiger charge is 2.13. The van der Waals surface area contributed by atoms with Crippen molar-refractivity contribution in [3.8, 4) is 0 Å². The summed E-state index contributed by atoms with van der Waals surface area (Å²) in [5, 5.41) is 6.11. The lowest BCUT2D eigenvalue weighted by molar-refractivity contribution is 0.200. The third kappa shape index (κ3) is 4.01. The van der Waals surface area contributed by atoms with Crippen LogP contribution in [0.3, 0.4) is 0 Å². The van der Waals surface area contributed by atoms with E-state index in [1.807, 2.05) is 23.6 Å². The van der Waals surface area contributed by atoms with E-state index in [4.69, 9.17) is 0 Å². The maximum Gasteiger partial charge on any atom is 0.173 e. The topological polar surface area (TPSA) is 41.0 Å². The number of hydrogen-bond donors (Lipinski definition) is 1. The van der Waals surface area contributed by atoms with E-state index in [0.717, 1.165) is 26.6 Å². The van der Waals surface area contributed by atoms with Crippen LogP contribution in [0, 0.1) is 5.82 Å². The number of benzene rings is 1. The summed E-state index contributed by atoms with van der Waals surface area (Å²) < 4.78 is 15.2. The Hall–Kier alpha value is -2.09. The van der Waals surface area contributed by atoms with Crippen molar-refractivity contribution in [3.63, 3.8) is 0 Å². The zero-order valence-corrected chi connectivity index (χ0v) is 17.6. The fraction of sp³-hybridized carbons (Fsp3) is 0.333. The van der Waals surface area contributed by atoms with E-state index in [0.29, 0.717) is 11.2 Å². The molecule has 4 nitrogen and oxygen atoms in total. The average molecular weight is 415 g/mol. The van der Waals surface area contributed by atoms with E-state index in [-0.39, 0.29) is 5.82 Å². The van der Waals surface area contributed by atoms with Crippen LogP contribution in [0.4, 0.5) is 15.8 Å². The molecule has 1 atom stereocenters. The van der Waals surface area contributed by atoms with E-state index in [2.05, 4.69) is 34.2 Å². The SMILES string of the molecule is CC1CCCCN1C.Fc1c(Nc2ccnc3sccc23)ccc2scnc12. The highest BCUT2D eigenvalue weighted by molar-refractivity contribution is 7.17. The van der Waals surface area contributed by atoms with Gasteiger partial charge in [0, 0.05) is 17.6 Å². The Bertz CT molecular complexity index is 1060. The van der Waals surface area contributed by atoms with Gasteiger partial charge in [0.25, 0.3) is 0 Å². The van der Waals surface area contributed by atoms with Crippen LogP contribution < -0.4 is 5.32 Å². The minimum Gasteiger partial charge on any atom is -0.352 e. The maximum atomic E-state index is 14.4. The first-order valence-corrected chi connectivity index (χ1v) is 11.2. The number of thiazole rings is 1. The van der Waals surface area contributed by atoms with E-state index in [1.54, 1.807) is 29.1 Å². The molecule has 3 aromatic heterocycles. The second-order valence-electron chi connectivity index (χ2n) is 7.07. The van der Waals surface area contributed by atoms with Gasteiger partial charge in [-0.15, -0.1) is 22.7 Å². The lowest BCUT2D eigenvalue weighted by atomic mass is 10.1. The van der Waals surface area contributed by atoms with Crippen molar-refractivity contribution >= 4 is 54.5 Å². The highest BCUT2D eigenvalue weighted by atomic mass is 32.1. The zero-order valence-electron chi connectivity index (χ0n) is 16.0. The van der Waals surface area contributed by atoms with Crippen molar-refractivity contribution in [2.45, 2.75) is 32.2 Å². The second-order valence-corrected chi connectivity index (χ2v) is 8.86. The number of aromatic nitrogens is 2.